The number of nitrogens with zero attached hydrogens (tertiary/aromatic N) is 1. The molecule has 3 rings (SSSR count). The Bertz CT molecular complexity index is 1120. The maximum absolute atomic E-state index is 13.4. The Morgan fingerprint density at radius 3 is 2.17 bits per heavy atom. The van der Waals surface area contributed by atoms with E-state index in [1.54, 1.807) is 67.8 Å². The van der Waals surface area contributed by atoms with Crippen LogP contribution in [0.3, 0.4) is 0 Å². The number of hydrogen-bond donors (Lipinski definition) is 1. The van der Waals surface area contributed by atoms with Crippen molar-refractivity contribution in [3.05, 3.63) is 83.9 Å². The fourth-order valence-corrected chi connectivity index (χ4v) is 4.47. The highest BCUT2D eigenvalue weighted by Crippen LogP contribution is 2.27. The summed E-state index contributed by atoms with van der Waals surface area (Å²) in [6.45, 7) is 3.35. The Morgan fingerprint density at radius 2 is 1.57 bits per heavy atom. The molecule has 0 bridgehead atoms. The van der Waals surface area contributed by atoms with Gasteiger partial charge in [0.1, 0.15) is 12.3 Å². The van der Waals surface area contributed by atoms with E-state index in [4.69, 9.17) is 4.74 Å². The number of carbonyl (C=O) groups is 1. The van der Waals surface area contributed by atoms with Gasteiger partial charge in [-0.1, -0.05) is 35.9 Å². The lowest BCUT2D eigenvalue weighted by Gasteiger charge is -2.25. The van der Waals surface area contributed by atoms with Crippen molar-refractivity contribution in [3.8, 4) is 5.75 Å². The van der Waals surface area contributed by atoms with E-state index in [0.29, 0.717) is 17.1 Å². The summed E-state index contributed by atoms with van der Waals surface area (Å²) in [4.78, 5) is 12.9. The van der Waals surface area contributed by atoms with Crippen molar-refractivity contribution in [1.82, 2.24) is 0 Å². The molecule has 0 aliphatic heterocycles. The number of methoxy groups -OCH3 is 1. The Kier molecular flexibility index (Phi) is 6.42. The molecule has 0 saturated heterocycles. The molecule has 1 N–H and O–H groups in total. The molecule has 0 aromatic heterocycles. The van der Waals surface area contributed by atoms with Crippen molar-refractivity contribution < 1.29 is 17.9 Å². The maximum Gasteiger partial charge on any atom is 0.264 e. The number of sulfonamides is 1. The molecule has 0 radical (unpaired) electrons. The van der Waals surface area contributed by atoms with E-state index in [0.717, 1.165) is 15.4 Å². The van der Waals surface area contributed by atoms with Gasteiger partial charge < -0.3 is 10.1 Å². The minimum absolute atomic E-state index is 0.133. The molecule has 0 unspecified atom stereocenters. The van der Waals surface area contributed by atoms with Gasteiger partial charge in [0, 0.05) is 5.69 Å². The quantitative estimate of drug-likeness (QED) is 0.618. The van der Waals surface area contributed by atoms with Crippen molar-refractivity contribution in [2.45, 2.75) is 18.7 Å². The van der Waals surface area contributed by atoms with Gasteiger partial charge in [0.05, 0.1) is 17.7 Å². The number of ether oxygens (including phenoxy) is 1. The van der Waals surface area contributed by atoms with Crippen molar-refractivity contribution in [3.63, 3.8) is 0 Å². The molecule has 156 valence electrons. The predicted octanol–water partition coefficient (Wildman–Crippen LogP) is 4.15. The van der Waals surface area contributed by atoms with Crippen LogP contribution in [0, 0.1) is 13.8 Å². The topological polar surface area (TPSA) is 75.7 Å². The second-order valence-corrected chi connectivity index (χ2v) is 8.75. The minimum Gasteiger partial charge on any atom is -0.497 e. The van der Waals surface area contributed by atoms with Gasteiger partial charge in [-0.15, -0.1) is 0 Å². The zero-order chi connectivity index (χ0) is 21.7. The van der Waals surface area contributed by atoms with E-state index >= 15 is 0 Å². The first kappa shape index (κ1) is 21.4. The summed E-state index contributed by atoms with van der Waals surface area (Å²) in [5.74, 6) is 0.218. The Balaban J connectivity index is 1.92. The maximum atomic E-state index is 13.4. The summed E-state index contributed by atoms with van der Waals surface area (Å²) in [6.07, 6.45) is 0. The van der Waals surface area contributed by atoms with Gasteiger partial charge in [-0.2, -0.15) is 0 Å². The number of amides is 1. The Labute approximate surface area is 177 Å². The second kappa shape index (κ2) is 9.00. The summed E-state index contributed by atoms with van der Waals surface area (Å²) < 4.78 is 33.1. The Morgan fingerprint density at radius 1 is 0.933 bits per heavy atom. The molecule has 0 atom stereocenters. The summed E-state index contributed by atoms with van der Waals surface area (Å²) in [5, 5.41) is 2.74. The number of aryl methyl sites for hydroxylation is 2. The molecular formula is C23H24N2O4S. The van der Waals surface area contributed by atoms with Crippen LogP contribution in [0.5, 0.6) is 5.75 Å². The van der Waals surface area contributed by atoms with Crippen LogP contribution < -0.4 is 14.4 Å². The molecule has 0 aliphatic carbocycles. The predicted molar refractivity (Wildman–Crippen MR) is 119 cm³/mol. The third-order valence-corrected chi connectivity index (χ3v) is 6.43. The monoisotopic (exact) mass is 424 g/mol. The fraction of sp³-hybridized carbons (Fsp3) is 0.174. The van der Waals surface area contributed by atoms with Gasteiger partial charge >= 0.3 is 0 Å². The first-order valence-corrected chi connectivity index (χ1v) is 10.8. The van der Waals surface area contributed by atoms with Crippen molar-refractivity contribution in [1.29, 1.82) is 0 Å². The van der Waals surface area contributed by atoms with Gasteiger partial charge in [-0.3, -0.25) is 9.10 Å². The summed E-state index contributed by atoms with van der Waals surface area (Å²) in [5.41, 5.74) is 2.72. The largest absolute Gasteiger partial charge is 0.497 e. The molecule has 3 aromatic carbocycles. The first-order chi connectivity index (χ1) is 14.3. The molecule has 0 fully saturated rings. The van der Waals surface area contributed by atoms with Crippen molar-refractivity contribution in [2.75, 3.05) is 23.3 Å². The van der Waals surface area contributed by atoms with E-state index in [1.165, 1.54) is 0 Å². The van der Waals surface area contributed by atoms with Gasteiger partial charge in [0.2, 0.25) is 5.91 Å². The van der Waals surface area contributed by atoms with Crippen LogP contribution in [-0.4, -0.2) is 28.0 Å². The average molecular weight is 425 g/mol. The lowest BCUT2D eigenvalue weighted by molar-refractivity contribution is -0.114. The highest BCUT2D eigenvalue weighted by Gasteiger charge is 2.28. The van der Waals surface area contributed by atoms with Crippen LogP contribution in [0.2, 0.25) is 0 Å². The average Bonchev–Trinajstić information content (AvgIpc) is 2.73. The number of carbonyl (C=O) groups excluding carboxylic acids is 1. The van der Waals surface area contributed by atoms with Crippen LogP contribution in [0.15, 0.2) is 77.7 Å². The molecule has 0 saturated carbocycles. The third-order valence-electron chi connectivity index (χ3n) is 4.65. The molecule has 7 heteroatoms. The number of anilines is 2. The molecular weight excluding hydrogens is 400 g/mol. The van der Waals surface area contributed by atoms with E-state index in [1.807, 2.05) is 26.0 Å². The van der Waals surface area contributed by atoms with E-state index in [-0.39, 0.29) is 11.4 Å². The van der Waals surface area contributed by atoms with Crippen molar-refractivity contribution in [2.24, 2.45) is 0 Å². The van der Waals surface area contributed by atoms with E-state index in [2.05, 4.69) is 5.32 Å². The minimum atomic E-state index is -3.94. The van der Waals surface area contributed by atoms with Gasteiger partial charge in [0.15, 0.2) is 0 Å². The summed E-state index contributed by atoms with van der Waals surface area (Å²) >= 11 is 0. The smallest absolute Gasteiger partial charge is 0.264 e. The van der Waals surface area contributed by atoms with Gasteiger partial charge in [-0.25, -0.2) is 8.42 Å². The summed E-state index contributed by atoms with van der Waals surface area (Å²) in [6, 6.07) is 20.5. The molecule has 0 spiro atoms. The molecule has 30 heavy (non-hydrogen) atoms. The molecule has 1 amide bonds. The number of nitrogens with one attached hydrogen (secondary N) is 1. The number of hydrogen-bond acceptors (Lipinski definition) is 4. The van der Waals surface area contributed by atoms with Gasteiger partial charge in [-0.05, 0) is 61.9 Å². The third kappa shape index (κ3) is 4.80. The lowest BCUT2D eigenvalue weighted by Crippen LogP contribution is -2.38. The van der Waals surface area contributed by atoms with Crippen LogP contribution in [-0.2, 0) is 14.8 Å². The zero-order valence-electron chi connectivity index (χ0n) is 17.1. The first-order valence-electron chi connectivity index (χ1n) is 9.40. The Hall–Kier alpha value is -3.32. The van der Waals surface area contributed by atoms with E-state index in [9.17, 15) is 13.2 Å². The molecule has 6 nitrogen and oxygen atoms in total. The number of benzene rings is 3. The highest BCUT2D eigenvalue weighted by atomic mass is 32.2. The second-order valence-electron chi connectivity index (χ2n) is 6.89. The number of para-hydroxylation sites is 1. The van der Waals surface area contributed by atoms with Crippen molar-refractivity contribution >= 4 is 27.3 Å². The fourth-order valence-electron chi connectivity index (χ4n) is 2.99. The zero-order valence-corrected chi connectivity index (χ0v) is 17.9. The molecule has 0 heterocycles. The molecule has 0 aliphatic rings. The number of rotatable bonds is 7. The SMILES string of the molecule is COc1ccc(NC(=O)CN(c2ccccc2C)S(=O)(=O)c2ccc(C)cc2)cc1. The normalized spacial score (nSPS) is 11.0. The van der Waals surface area contributed by atoms with Crippen LogP contribution in [0.1, 0.15) is 11.1 Å². The lowest BCUT2D eigenvalue weighted by atomic mass is 10.2. The highest BCUT2D eigenvalue weighted by molar-refractivity contribution is 7.92. The standard InChI is InChI=1S/C23H24N2O4S/c1-17-8-14-21(15-9-17)30(27,28)25(22-7-5-4-6-18(22)2)16-23(26)24-19-10-12-20(29-3)13-11-19/h4-15H,16H2,1-3H3,(H,24,26). The van der Waals surface area contributed by atoms with Crippen LogP contribution in [0.4, 0.5) is 11.4 Å². The van der Waals surface area contributed by atoms with Gasteiger partial charge in [0.25, 0.3) is 10.0 Å². The van der Waals surface area contributed by atoms with E-state index < -0.39 is 15.9 Å². The van der Waals surface area contributed by atoms with Crippen LogP contribution in [0.25, 0.3) is 0 Å². The van der Waals surface area contributed by atoms with Crippen LogP contribution >= 0.6 is 0 Å². The molecule has 3 aromatic rings. The summed E-state index contributed by atoms with van der Waals surface area (Å²) in [7, 11) is -2.38.